The van der Waals surface area contributed by atoms with Crippen LogP contribution in [0.15, 0.2) is 6.20 Å². The molecule has 0 spiro atoms. The van der Waals surface area contributed by atoms with Gasteiger partial charge in [0.2, 0.25) is 0 Å². The van der Waals surface area contributed by atoms with Crippen molar-refractivity contribution in [1.82, 2.24) is 4.98 Å². The van der Waals surface area contributed by atoms with Crippen LogP contribution in [-0.2, 0) is 9.84 Å². The molecule has 0 amide bonds. The van der Waals surface area contributed by atoms with Gasteiger partial charge < -0.3 is 4.90 Å². The SMILES string of the molecule is O=Cc1cnc(N2CCCS(=O)(=O)CC2)s1. The molecule has 2 heterocycles. The summed E-state index contributed by atoms with van der Waals surface area (Å²) in [5, 5.41) is 0.735. The minimum absolute atomic E-state index is 0.170. The monoisotopic (exact) mass is 260 g/mol. The maximum absolute atomic E-state index is 11.4. The number of nitrogens with zero attached hydrogens (tertiary/aromatic N) is 2. The molecule has 1 fully saturated rings. The van der Waals surface area contributed by atoms with Gasteiger partial charge in [-0.1, -0.05) is 11.3 Å². The van der Waals surface area contributed by atoms with E-state index in [1.807, 2.05) is 4.90 Å². The lowest BCUT2D eigenvalue weighted by Crippen LogP contribution is -2.26. The fourth-order valence-electron chi connectivity index (χ4n) is 1.61. The van der Waals surface area contributed by atoms with Gasteiger partial charge in [-0.25, -0.2) is 13.4 Å². The van der Waals surface area contributed by atoms with E-state index in [-0.39, 0.29) is 11.5 Å². The van der Waals surface area contributed by atoms with E-state index in [1.54, 1.807) is 0 Å². The number of anilines is 1. The van der Waals surface area contributed by atoms with Crippen molar-refractivity contribution in [1.29, 1.82) is 0 Å². The van der Waals surface area contributed by atoms with Crippen molar-refractivity contribution < 1.29 is 13.2 Å². The van der Waals surface area contributed by atoms with Crippen molar-refractivity contribution in [3.63, 3.8) is 0 Å². The van der Waals surface area contributed by atoms with Gasteiger partial charge in [-0.15, -0.1) is 0 Å². The summed E-state index contributed by atoms with van der Waals surface area (Å²) in [7, 11) is -2.89. The van der Waals surface area contributed by atoms with Gasteiger partial charge in [0.05, 0.1) is 22.6 Å². The summed E-state index contributed by atoms with van der Waals surface area (Å²) >= 11 is 1.30. The van der Waals surface area contributed by atoms with Crippen LogP contribution in [0.1, 0.15) is 16.1 Å². The number of hydrogen-bond donors (Lipinski definition) is 0. The molecular formula is C9H12N2O3S2. The number of thiazole rings is 1. The maximum atomic E-state index is 11.4. The number of aldehydes is 1. The fraction of sp³-hybridized carbons (Fsp3) is 0.556. The third-order valence-electron chi connectivity index (χ3n) is 2.45. The molecule has 0 N–H and O–H groups in total. The Labute approximate surface area is 98.0 Å². The molecule has 0 aromatic carbocycles. The Morgan fingerprint density at radius 2 is 2.19 bits per heavy atom. The van der Waals surface area contributed by atoms with Gasteiger partial charge in [0.1, 0.15) is 0 Å². The maximum Gasteiger partial charge on any atom is 0.185 e. The fourth-order valence-corrected chi connectivity index (χ4v) is 3.66. The van der Waals surface area contributed by atoms with Crippen LogP contribution >= 0.6 is 11.3 Å². The van der Waals surface area contributed by atoms with Crippen LogP contribution in [0.4, 0.5) is 5.13 Å². The predicted molar refractivity (Wildman–Crippen MR) is 63.0 cm³/mol. The first kappa shape index (κ1) is 11.5. The van der Waals surface area contributed by atoms with E-state index in [2.05, 4.69) is 4.98 Å². The number of aromatic nitrogens is 1. The number of hydrogen-bond acceptors (Lipinski definition) is 6. The van der Waals surface area contributed by atoms with E-state index in [0.29, 0.717) is 24.4 Å². The van der Waals surface area contributed by atoms with Crippen molar-refractivity contribution in [2.24, 2.45) is 0 Å². The lowest BCUT2D eigenvalue weighted by atomic mass is 10.4. The molecule has 5 nitrogen and oxygen atoms in total. The smallest absolute Gasteiger partial charge is 0.185 e. The standard InChI is InChI=1S/C9H12N2O3S2/c12-7-8-6-10-9(15-8)11-2-1-4-16(13,14)5-3-11/h6-7H,1-5H2. The van der Waals surface area contributed by atoms with Crippen molar-refractivity contribution in [2.45, 2.75) is 6.42 Å². The Hall–Kier alpha value is -0.950. The first-order chi connectivity index (χ1) is 7.61. The van der Waals surface area contributed by atoms with Gasteiger partial charge in [-0.05, 0) is 6.42 Å². The van der Waals surface area contributed by atoms with E-state index in [0.717, 1.165) is 11.4 Å². The molecule has 1 aliphatic rings. The Balaban J connectivity index is 2.13. The molecule has 0 atom stereocenters. The van der Waals surface area contributed by atoms with Crippen LogP contribution in [0.3, 0.4) is 0 Å². The molecule has 7 heteroatoms. The highest BCUT2D eigenvalue weighted by atomic mass is 32.2. The van der Waals surface area contributed by atoms with Gasteiger partial charge in [-0.3, -0.25) is 4.79 Å². The number of carbonyl (C=O) groups excluding carboxylic acids is 1. The molecule has 1 saturated heterocycles. The Kier molecular flexibility index (Phi) is 3.25. The molecular weight excluding hydrogens is 248 g/mol. The normalized spacial score (nSPS) is 20.4. The summed E-state index contributed by atoms with van der Waals surface area (Å²) in [6.45, 7) is 1.15. The topological polar surface area (TPSA) is 67.3 Å². The molecule has 88 valence electrons. The zero-order chi connectivity index (χ0) is 11.6. The summed E-state index contributed by atoms with van der Waals surface area (Å²) in [6.07, 6.45) is 2.90. The Morgan fingerprint density at radius 1 is 1.38 bits per heavy atom. The zero-order valence-electron chi connectivity index (χ0n) is 8.63. The Morgan fingerprint density at radius 3 is 2.88 bits per heavy atom. The molecule has 1 aromatic rings. The largest absolute Gasteiger partial charge is 0.347 e. The molecule has 0 saturated carbocycles. The number of carbonyl (C=O) groups is 1. The average Bonchev–Trinajstić information content (AvgIpc) is 2.64. The van der Waals surface area contributed by atoms with E-state index in [1.165, 1.54) is 17.5 Å². The molecule has 0 unspecified atom stereocenters. The molecule has 2 rings (SSSR count). The lowest BCUT2D eigenvalue weighted by Gasteiger charge is -2.17. The van der Waals surface area contributed by atoms with Gasteiger partial charge in [0.15, 0.2) is 21.3 Å². The number of sulfone groups is 1. The highest BCUT2D eigenvalue weighted by Gasteiger charge is 2.20. The van der Waals surface area contributed by atoms with Crippen molar-refractivity contribution in [2.75, 3.05) is 29.5 Å². The van der Waals surface area contributed by atoms with E-state index >= 15 is 0 Å². The van der Waals surface area contributed by atoms with Crippen LogP contribution in [0, 0.1) is 0 Å². The van der Waals surface area contributed by atoms with Gasteiger partial charge in [0, 0.05) is 13.1 Å². The van der Waals surface area contributed by atoms with E-state index in [4.69, 9.17) is 0 Å². The molecule has 1 aromatic heterocycles. The first-order valence-electron chi connectivity index (χ1n) is 4.97. The summed E-state index contributed by atoms with van der Waals surface area (Å²) in [4.78, 5) is 17.2. The van der Waals surface area contributed by atoms with Crippen molar-refractivity contribution in [3.05, 3.63) is 11.1 Å². The summed E-state index contributed by atoms with van der Waals surface area (Å²) in [6, 6.07) is 0. The molecule has 16 heavy (non-hydrogen) atoms. The summed E-state index contributed by atoms with van der Waals surface area (Å²) in [5.41, 5.74) is 0. The zero-order valence-corrected chi connectivity index (χ0v) is 10.3. The van der Waals surface area contributed by atoms with Crippen LogP contribution in [0.2, 0.25) is 0 Å². The average molecular weight is 260 g/mol. The third-order valence-corrected chi connectivity index (χ3v) is 5.15. The van der Waals surface area contributed by atoms with Crippen molar-refractivity contribution >= 4 is 32.6 Å². The molecule has 0 radical (unpaired) electrons. The second-order valence-electron chi connectivity index (χ2n) is 3.66. The minimum Gasteiger partial charge on any atom is -0.347 e. The quantitative estimate of drug-likeness (QED) is 0.728. The van der Waals surface area contributed by atoms with E-state index < -0.39 is 9.84 Å². The second kappa shape index (κ2) is 4.50. The molecule has 1 aliphatic heterocycles. The second-order valence-corrected chi connectivity index (χ2v) is 7.00. The van der Waals surface area contributed by atoms with Crippen molar-refractivity contribution in [3.8, 4) is 0 Å². The van der Waals surface area contributed by atoms with E-state index in [9.17, 15) is 13.2 Å². The third kappa shape index (κ3) is 2.59. The van der Waals surface area contributed by atoms with Crippen LogP contribution in [0.5, 0.6) is 0 Å². The summed E-state index contributed by atoms with van der Waals surface area (Å²) < 4.78 is 22.8. The molecule has 0 aliphatic carbocycles. The highest BCUT2D eigenvalue weighted by Crippen LogP contribution is 2.22. The highest BCUT2D eigenvalue weighted by molar-refractivity contribution is 7.91. The van der Waals surface area contributed by atoms with Crippen LogP contribution < -0.4 is 4.90 Å². The first-order valence-corrected chi connectivity index (χ1v) is 7.61. The Bertz CT molecular complexity index is 481. The van der Waals surface area contributed by atoms with Crippen LogP contribution in [0.25, 0.3) is 0 Å². The lowest BCUT2D eigenvalue weighted by molar-refractivity contribution is 0.112. The van der Waals surface area contributed by atoms with Gasteiger partial charge in [-0.2, -0.15) is 0 Å². The minimum atomic E-state index is -2.89. The predicted octanol–water partition coefficient (Wildman–Crippen LogP) is 0.580. The molecule has 0 bridgehead atoms. The van der Waals surface area contributed by atoms with Gasteiger partial charge in [0.25, 0.3) is 0 Å². The van der Waals surface area contributed by atoms with Gasteiger partial charge >= 0.3 is 0 Å². The number of rotatable bonds is 2. The van der Waals surface area contributed by atoms with Crippen LogP contribution in [-0.4, -0.2) is 44.3 Å². The summed E-state index contributed by atoms with van der Waals surface area (Å²) in [5.74, 6) is 0.415.